The molecule has 0 aliphatic carbocycles. The molecule has 0 bridgehead atoms. The molecule has 21 heavy (non-hydrogen) atoms. The summed E-state index contributed by atoms with van der Waals surface area (Å²) >= 11 is 0. The number of nitrogens with one attached hydrogen (secondary N) is 1. The minimum absolute atomic E-state index is 0.0722. The Bertz CT molecular complexity index is 528. The van der Waals surface area contributed by atoms with Gasteiger partial charge in [0.1, 0.15) is 5.75 Å². The zero-order valence-corrected chi connectivity index (χ0v) is 14.5. The van der Waals surface area contributed by atoms with Crippen LogP contribution in [0.3, 0.4) is 0 Å². The summed E-state index contributed by atoms with van der Waals surface area (Å²) in [7, 11) is -3.43. The maximum atomic E-state index is 12.1. The molecule has 0 heterocycles. The molecule has 0 saturated heterocycles. The number of ether oxygens (including phenoxy) is 1. The average molecular weight is 313 g/mol. The van der Waals surface area contributed by atoms with Crippen molar-refractivity contribution in [3.05, 3.63) is 24.3 Å². The fraction of sp³-hybridized carbons (Fsp3) is 0.625. The van der Waals surface area contributed by atoms with Gasteiger partial charge in [0.2, 0.25) is 10.0 Å². The normalized spacial score (nSPS) is 12.7. The molecule has 0 aromatic heterocycles. The summed E-state index contributed by atoms with van der Waals surface area (Å²) in [5, 5.41) is 0. The molecule has 4 nitrogen and oxygen atoms in total. The summed E-state index contributed by atoms with van der Waals surface area (Å²) in [6.07, 6.45) is 1.89. The molecule has 0 spiro atoms. The Morgan fingerprint density at radius 3 is 2.19 bits per heavy atom. The molecule has 0 fully saturated rings. The zero-order valence-electron chi connectivity index (χ0n) is 13.6. The van der Waals surface area contributed by atoms with Crippen molar-refractivity contribution in [2.45, 2.75) is 58.5 Å². The van der Waals surface area contributed by atoms with Gasteiger partial charge in [0.05, 0.1) is 11.0 Å². The predicted octanol–water partition coefficient (Wildman–Crippen LogP) is 3.58. The lowest BCUT2D eigenvalue weighted by molar-refractivity contribution is 0.242. The van der Waals surface area contributed by atoms with Crippen LogP contribution < -0.4 is 9.46 Å². The first-order valence-corrected chi connectivity index (χ1v) is 8.85. The molecule has 0 aliphatic heterocycles. The Balaban J connectivity index is 2.58. The van der Waals surface area contributed by atoms with Gasteiger partial charge in [-0.05, 0) is 56.4 Å². The molecule has 1 aromatic carbocycles. The van der Waals surface area contributed by atoms with Gasteiger partial charge in [-0.1, -0.05) is 20.8 Å². The van der Waals surface area contributed by atoms with Crippen molar-refractivity contribution in [2.75, 3.05) is 6.54 Å². The summed E-state index contributed by atoms with van der Waals surface area (Å²) in [6, 6.07) is 6.51. The maximum absolute atomic E-state index is 12.1. The van der Waals surface area contributed by atoms with Gasteiger partial charge in [-0.2, -0.15) is 0 Å². The largest absolute Gasteiger partial charge is 0.491 e. The van der Waals surface area contributed by atoms with Crippen molar-refractivity contribution in [2.24, 2.45) is 5.41 Å². The third-order valence-electron chi connectivity index (χ3n) is 2.90. The Morgan fingerprint density at radius 2 is 1.71 bits per heavy atom. The lowest BCUT2D eigenvalue weighted by Gasteiger charge is -2.17. The number of hydrogen-bond donors (Lipinski definition) is 1. The van der Waals surface area contributed by atoms with E-state index in [4.69, 9.17) is 4.74 Å². The minimum Gasteiger partial charge on any atom is -0.491 e. The fourth-order valence-electron chi connectivity index (χ4n) is 1.88. The number of hydrogen-bond acceptors (Lipinski definition) is 3. The summed E-state index contributed by atoms with van der Waals surface area (Å²) in [4.78, 5) is 0.273. The topological polar surface area (TPSA) is 55.4 Å². The molecule has 1 N–H and O–H groups in total. The molecular formula is C16H27NO3S. The highest BCUT2D eigenvalue weighted by Crippen LogP contribution is 2.20. The van der Waals surface area contributed by atoms with E-state index in [1.165, 1.54) is 0 Å². The van der Waals surface area contributed by atoms with Crippen LogP contribution in [0.15, 0.2) is 29.2 Å². The zero-order chi connectivity index (χ0) is 16.1. The van der Waals surface area contributed by atoms with Gasteiger partial charge >= 0.3 is 0 Å². The molecule has 0 atom stereocenters. The molecule has 1 aromatic rings. The van der Waals surface area contributed by atoms with Crippen molar-refractivity contribution in [3.63, 3.8) is 0 Å². The summed E-state index contributed by atoms with van der Waals surface area (Å²) in [5.41, 5.74) is 0.223. The Morgan fingerprint density at radius 1 is 1.14 bits per heavy atom. The number of rotatable bonds is 7. The third kappa shape index (κ3) is 6.96. The molecule has 0 saturated carbocycles. The van der Waals surface area contributed by atoms with Gasteiger partial charge in [-0.15, -0.1) is 0 Å². The van der Waals surface area contributed by atoms with E-state index < -0.39 is 10.0 Å². The Labute approximate surface area is 129 Å². The predicted molar refractivity (Wildman–Crippen MR) is 86.1 cm³/mol. The third-order valence-corrected chi connectivity index (χ3v) is 4.38. The Kier molecular flexibility index (Phi) is 6.23. The summed E-state index contributed by atoms with van der Waals surface area (Å²) in [5.74, 6) is 0.677. The van der Waals surface area contributed by atoms with Crippen LogP contribution in [0.5, 0.6) is 5.75 Å². The van der Waals surface area contributed by atoms with Crippen molar-refractivity contribution in [3.8, 4) is 5.75 Å². The molecular weight excluding hydrogens is 286 g/mol. The van der Waals surface area contributed by atoms with E-state index in [2.05, 4.69) is 25.5 Å². The van der Waals surface area contributed by atoms with Gasteiger partial charge in [-0.3, -0.25) is 0 Å². The monoisotopic (exact) mass is 313 g/mol. The highest BCUT2D eigenvalue weighted by molar-refractivity contribution is 7.89. The fourth-order valence-corrected chi connectivity index (χ4v) is 2.95. The van der Waals surface area contributed by atoms with Crippen LogP contribution >= 0.6 is 0 Å². The standard InChI is InChI=1S/C16H27NO3S/c1-13(2)20-14-7-9-15(10-8-14)21(18,19)17-12-6-11-16(3,4)5/h7-10,13,17H,6,11-12H2,1-5H3. The molecule has 0 radical (unpaired) electrons. The summed E-state index contributed by atoms with van der Waals surface area (Å²) in [6.45, 7) is 10.8. The van der Waals surface area contributed by atoms with Gasteiger partial charge in [0.15, 0.2) is 0 Å². The molecule has 0 unspecified atom stereocenters. The van der Waals surface area contributed by atoms with Crippen LogP contribution in [0.25, 0.3) is 0 Å². The first kappa shape index (κ1) is 18.0. The van der Waals surface area contributed by atoms with E-state index in [0.29, 0.717) is 12.3 Å². The van der Waals surface area contributed by atoms with Crippen LogP contribution in [-0.2, 0) is 10.0 Å². The van der Waals surface area contributed by atoms with E-state index in [1.807, 2.05) is 13.8 Å². The van der Waals surface area contributed by atoms with E-state index in [0.717, 1.165) is 12.8 Å². The number of sulfonamides is 1. The van der Waals surface area contributed by atoms with Crippen LogP contribution in [0.1, 0.15) is 47.5 Å². The smallest absolute Gasteiger partial charge is 0.240 e. The van der Waals surface area contributed by atoms with E-state index in [9.17, 15) is 8.42 Å². The lowest BCUT2D eigenvalue weighted by atomic mass is 9.91. The van der Waals surface area contributed by atoms with Crippen LogP contribution in [-0.4, -0.2) is 21.1 Å². The quantitative estimate of drug-likeness (QED) is 0.783. The van der Waals surface area contributed by atoms with E-state index in [1.54, 1.807) is 24.3 Å². The average Bonchev–Trinajstić information content (AvgIpc) is 2.33. The van der Waals surface area contributed by atoms with Gasteiger partial charge in [0.25, 0.3) is 0 Å². The Hall–Kier alpha value is -1.07. The van der Waals surface area contributed by atoms with Crippen LogP contribution in [0.2, 0.25) is 0 Å². The maximum Gasteiger partial charge on any atom is 0.240 e. The van der Waals surface area contributed by atoms with Crippen LogP contribution in [0, 0.1) is 5.41 Å². The highest BCUT2D eigenvalue weighted by Gasteiger charge is 2.15. The van der Waals surface area contributed by atoms with Crippen molar-refractivity contribution < 1.29 is 13.2 Å². The number of benzene rings is 1. The van der Waals surface area contributed by atoms with E-state index >= 15 is 0 Å². The second-order valence-corrected chi connectivity index (χ2v) is 8.47. The van der Waals surface area contributed by atoms with E-state index in [-0.39, 0.29) is 16.4 Å². The molecule has 120 valence electrons. The van der Waals surface area contributed by atoms with Gasteiger partial charge in [0, 0.05) is 6.54 Å². The highest BCUT2D eigenvalue weighted by atomic mass is 32.2. The van der Waals surface area contributed by atoms with Crippen molar-refractivity contribution in [1.82, 2.24) is 4.72 Å². The second kappa shape index (κ2) is 7.27. The minimum atomic E-state index is -3.43. The van der Waals surface area contributed by atoms with Gasteiger partial charge < -0.3 is 4.74 Å². The first-order chi connectivity index (χ1) is 9.60. The second-order valence-electron chi connectivity index (χ2n) is 6.70. The van der Waals surface area contributed by atoms with Crippen molar-refractivity contribution >= 4 is 10.0 Å². The first-order valence-electron chi connectivity index (χ1n) is 7.36. The van der Waals surface area contributed by atoms with Crippen LogP contribution in [0.4, 0.5) is 0 Å². The molecule has 0 aliphatic rings. The molecule has 0 amide bonds. The molecule has 1 rings (SSSR count). The lowest BCUT2D eigenvalue weighted by Crippen LogP contribution is -2.25. The molecule has 5 heteroatoms. The van der Waals surface area contributed by atoms with Crippen molar-refractivity contribution in [1.29, 1.82) is 0 Å². The summed E-state index contributed by atoms with van der Waals surface area (Å²) < 4.78 is 32.4. The SMILES string of the molecule is CC(C)Oc1ccc(S(=O)(=O)NCCCC(C)(C)C)cc1. The van der Waals surface area contributed by atoms with Gasteiger partial charge in [-0.25, -0.2) is 13.1 Å².